The molecule has 22 heavy (non-hydrogen) atoms. The number of amides is 2. The van der Waals surface area contributed by atoms with Gasteiger partial charge in [-0.05, 0) is 30.5 Å². The molecule has 2 heterocycles. The molecule has 2 amide bonds. The highest BCUT2D eigenvalue weighted by molar-refractivity contribution is 5.99. The number of ether oxygens (including phenoxy) is 3. The molecule has 6 heteroatoms. The highest BCUT2D eigenvalue weighted by Crippen LogP contribution is 2.32. The van der Waals surface area contributed by atoms with E-state index in [2.05, 4.69) is 0 Å². The third-order valence-electron chi connectivity index (χ3n) is 4.11. The number of rotatable bonds is 5. The molecular weight excluding hydrogens is 286 g/mol. The van der Waals surface area contributed by atoms with E-state index < -0.39 is 0 Å². The van der Waals surface area contributed by atoms with Crippen molar-refractivity contribution in [3.05, 3.63) is 23.8 Å². The van der Waals surface area contributed by atoms with Gasteiger partial charge in [0.2, 0.25) is 5.91 Å². The van der Waals surface area contributed by atoms with Gasteiger partial charge in [0.25, 0.3) is 5.91 Å². The zero-order chi connectivity index (χ0) is 15.7. The van der Waals surface area contributed by atoms with E-state index >= 15 is 0 Å². The normalized spacial score (nSPS) is 23.0. The lowest BCUT2D eigenvalue weighted by atomic mass is 10.1. The molecular formula is C16H19NO5. The first-order valence-corrected chi connectivity index (χ1v) is 7.34. The summed E-state index contributed by atoms with van der Waals surface area (Å²) in [6.07, 6.45) is 1.26. The predicted molar refractivity (Wildman–Crippen MR) is 77.9 cm³/mol. The minimum atomic E-state index is -0.376. The number of aryl methyl sites for hydroxylation is 1. The Hall–Kier alpha value is -2.08. The Bertz CT molecular complexity index is 600. The van der Waals surface area contributed by atoms with Crippen molar-refractivity contribution in [2.45, 2.75) is 31.5 Å². The molecule has 0 saturated carbocycles. The Labute approximate surface area is 128 Å². The van der Waals surface area contributed by atoms with E-state index in [1.54, 1.807) is 14.2 Å². The van der Waals surface area contributed by atoms with Gasteiger partial charge in [0, 0.05) is 13.0 Å². The second-order valence-corrected chi connectivity index (χ2v) is 5.46. The summed E-state index contributed by atoms with van der Waals surface area (Å²) in [5, 5.41) is 0. The summed E-state index contributed by atoms with van der Waals surface area (Å²) in [6.45, 7) is 0.463. The Kier molecular flexibility index (Phi) is 4.02. The lowest BCUT2D eigenvalue weighted by molar-refractivity contribution is -0.146. The smallest absolute Gasteiger partial charge is 0.261 e. The summed E-state index contributed by atoms with van der Waals surface area (Å²) in [5.74, 6) is 0.957. The zero-order valence-corrected chi connectivity index (χ0v) is 12.7. The summed E-state index contributed by atoms with van der Waals surface area (Å²) in [7, 11) is 3.15. The van der Waals surface area contributed by atoms with E-state index in [0.717, 1.165) is 12.0 Å². The fourth-order valence-corrected chi connectivity index (χ4v) is 2.77. The van der Waals surface area contributed by atoms with Gasteiger partial charge in [-0.3, -0.25) is 14.5 Å². The molecule has 118 valence electrons. The van der Waals surface area contributed by atoms with Gasteiger partial charge in [-0.1, -0.05) is 6.07 Å². The molecule has 0 radical (unpaired) electrons. The molecule has 2 atom stereocenters. The van der Waals surface area contributed by atoms with Crippen molar-refractivity contribution in [3.63, 3.8) is 0 Å². The third-order valence-corrected chi connectivity index (χ3v) is 4.11. The molecule has 0 aliphatic carbocycles. The van der Waals surface area contributed by atoms with Crippen molar-refractivity contribution in [1.82, 2.24) is 4.90 Å². The van der Waals surface area contributed by atoms with E-state index in [4.69, 9.17) is 14.2 Å². The minimum Gasteiger partial charge on any atom is -0.493 e. The van der Waals surface area contributed by atoms with Crippen LogP contribution in [-0.4, -0.2) is 49.7 Å². The Morgan fingerprint density at radius 3 is 2.82 bits per heavy atom. The molecule has 3 rings (SSSR count). The van der Waals surface area contributed by atoms with E-state index in [9.17, 15) is 9.59 Å². The monoisotopic (exact) mass is 305 g/mol. The molecule has 1 aromatic rings. The van der Waals surface area contributed by atoms with Crippen molar-refractivity contribution < 1.29 is 23.8 Å². The maximum Gasteiger partial charge on any atom is 0.261 e. The van der Waals surface area contributed by atoms with Crippen LogP contribution in [0.25, 0.3) is 0 Å². The molecule has 2 aliphatic rings. The highest BCUT2D eigenvalue weighted by Gasteiger charge is 2.51. The van der Waals surface area contributed by atoms with E-state index in [0.29, 0.717) is 30.9 Å². The van der Waals surface area contributed by atoms with Gasteiger partial charge in [0.1, 0.15) is 0 Å². The molecule has 2 aliphatic heterocycles. The topological polar surface area (TPSA) is 68.4 Å². The van der Waals surface area contributed by atoms with Gasteiger partial charge >= 0.3 is 0 Å². The number of methoxy groups -OCH3 is 2. The first kappa shape index (κ1) is 14.8. The number of nitrogens with zero attached hydrogens (tertiary/aromatic N) is 1. The minimum absolute atomic E-state index is 0.0439. The maximum atomic E-state index is 12.2. The molecule has 6 nitrogen and oxygen atoms in total. The second kappa shape index (κ2) is 5.96. The summed E-state index contributed by atoms with van der Waals surface area (Å²) >= 11 is 0. The van der Waals surface area contributed by atoms with Gasteiger partial charge in [-0.2, -0.15) is 0 Å². The van der Waals surface area contributed by atoms with Crippen molar-refractivity contribution in [1.29, 1.82) is 0 Å². The van der Waals surface area contributed by atoms with Crippen LogP contribution in [0.2, 0.25) is 0 Å². The SMILES string of the molecule is COc1ccc(CCC(=O)N2CC[C@H]3O[C@H]3C2=O)cc1OC. The zero-order valence-electron chi connectivity index (χ0n) is 12.7. The summed E-state index contributed by atoms with van der Waals surface area (Å²) < 4.78 is 15.6. The number of benzene rings is 1. The number of hydrogen-bond acceptors (Lipinski definition) is 5. The standard InChI is InChI=1S/C16H19NO5/c1-20-11-5-3-10(9-13(11)21-2)4-6-14(18)17-8-7-12-15(22-12)16(17)19/h3,5,9,12,15H,4,6-8H2,1-2H3/t12-,15-/m1/s1. The molecule has 2 fully saturated rings. The van der Waals surface area contributed by atoms with Crippen molar-refractivity contribution >= 4 is 11.8 Å². The number of carbonyl (C=O) groups is 2. The highest BCUT2D eigenvalue weighted by atomic mass is 16.6. The molecule has 0 N–H and O–H groups in total. The number of epoxide rings is 1. The number of piperidine rings is 1. The Morgan fingerprint density at radius 1 is 1.32 bits per heavy atom. The van der Waals surface area contributed by atoms with E-state index in [1.165, 1.54) is 4.90 Å². The molecule has 0 aromatic heterocycles. The number of imide groups is 1. The number of hydrogen-bond donors (Lipinski definition) is 0. The molecule has 2 saturated heterocycles. The van der Waals surface area contributed by atoms with Gasteiger partial charge in [-0.25, -0.2) is 0 Å². The van der Waals surface area contributed by atoms with Crippen molar-refractivity contribution in [3.8, 4) is 11.5 Å². The summed E-state index contributed by atoms with van der Waals surface area (Å²) in [6, 6.07) is 5.56. The number of fused-ring (bicyclic) bond motifs is 1. The predicted octanol–water partition coefficient (Wildman–Crippen LogP) is 1.16. The summed E-state index contributed by atoms with van der Waals surface area (Å²) in [5.41, 5.74) is 0.969. The van der Waals surface area contributed by atoms with Gasteiger partial charge in [-0.15, -0.1) is 0 Å². The average molecular weight is 305 g/mol. The maximum absolute atomic E-state index is 12.2. The van der Waals surface area contributed by atoms with Crippen LogP contribution in [-0.2, 0) is 20.7 Å². The first-order valence-electron chi connectivity index (χ1n) is 7.34. The lowest BCUT2D eigenvalue weighted by Gasteiger charge is -2.22. The quantitative estimate of drug-likeness (QED) is 0.764. The molecule has 1 aromatic carbocycles. The van der Waals surface area contributed by atoms with E-state index in [1.807, 2.05) is 18.2 Å². The van der Waals surface area contributed by atoms with Gasteiger partial charge in [0.05, 0.1) is 20.3 Å². The summed E-state index contributed by atoms with van der Waals surface area (Å²) in [4.78, 5) is 25.5. The molecule has 0 spiro atoms. The van der Waals surface area contributed by atoms with Crippen LogP contribution in [0.3, 0.4) is 0 Å². The van der Waals surface area contributed by atoms with Crippen LogP contribution in [0.15, 0.2) is 18.2 Å². The van der Waals surface area contributed by atoms with Crippen LogP contribution >= 0.6 is 0 Å². The van der Waals surface area contributed by atoms with Crippen molar-refractivity contribution in [2.24, 2.45) is 0 Å². The largest absolute Gasteiger partial charge is 0.493 e. The Balaban J connectivity index is 1.60. The van der Waals surface area contributed by atoms with Gasteiger partial charge in [0.15, 0.2) is 17.6 Å². The van der Waals surface area contributed by atoms with Crippen molar-refractivity contribution in [2.75, 3.05) is 20.8 Å². The fraction of sp³-hybridized carbons (Fsp3) is 0.500. The molecule has 0 bridgehead atoms. The molecule has 0 unspecified atom stereocenters. The number of carbonyl (C=O) groups excluding carboxylic acids is 2. The van der Waals surface area contributed by atoms with Gasteiger partial charge < -0.3 is 14.2 Å². The second-order valence-electron chi connectivity index (χ2n) is 5.46. The van der Waals surface area contributed by atoms with E-state index in [-0.39, 0.29) is 24.0 Å². The fourth-order valence-electron chi connectivity index (χ4n) is 2.77. The average Bonchev–Trinajstić information content (AvgIpc) is 3.33. The van der Waals surface area contributed by atoms with Crippen LogP contribution in [0, 0.1) is 0 Å². The Morgan fingerprint density at radius 2 is 2.09 bits per heavy atom. The van der Waals surface area contributed by atoms with Crippen LogP contribution in [0.4, 0.5) is 0 Å². The van der Waals surface area contributed by atoms with Crippen LogP contribution in [0.5, 0.6) is 11.5 Å². The van der Waals surface area contributed by atoms with Crippen LogP contribution < -0.4 is 9.47 Å². The number of likely N-dealkylation sites (tertiary alicyclic amines) is 1. The lowest BCUT2D eigenvalue weighted by Crippen LogP contribution is -2.44. The van der Waals surface area contributed by atoms with Crippen LogP contribution in [0.1, 0.15) is 18.4 Å². The third kappa shape index (κ3) is 2.78. The first-order chi connectivity index (χ1) is 10.6.